The van der Waals surface area contributed by atoms with Crippen LogP contribution in [-0.2, 0) is 10.8 Å². The van der Waals surface area contributed by atoms with Crippen LogP contribution in [0.25, 0.3) is 77.2 Å². The van der Waals surface area contributed by atoms with Gasteiger partial charge in [-0.2, -0.15) is 0 Å². The van der Waals surface area contributed by atoms with Crippen LogP contribution in [0.4, 0.5) is 17.1 Å². The molecule has 0 N–H and O–H groups in total. The molecule has 0 amide bonds. The van der Waals surface area contributed by atoms with Gasteiger partial charge in [0, 0.05) is 44.1 Å². The number of fused-ring (bicyclic) bond motifs is 13. The van der Waals surface area contributed by atoms with Crippen LogP contribution in [0.3, 0.4) is 0 Å². The van der Waals surface area contributed by atoms with E-state index in [-0.39, 0.29) is 10.8 Å². The molecule has 0 atom stereocenters. The molecule has 1 spiro atoms. The minimum Gasteiger partial charge on any atom is -0.455 e. The fraction of sp³-hybridized carbons (Fsp3) is 0.148. The average molecular weight is 810 g/mol. The summed E-state index contributed by atoms with van der Waals surface area (Å²) in [6.45, 7) is 4.76. The van der Waals surface area contributed by atoms with Crippen molar-refractivity contribution in [2.24, 2.45) is 0 Å². The Morgan fingerprint density at radius 1 is 0.429 bits per heavy atom. The van der Waals surface area contributed by atoms with Crippen molar-refractivity contribution >= 4 is 49.8 Å². The van der Waals surface area contributed by atoms with E-state index in [9.17, 15) is 0 Å². The van der Waals surface area contributed by atoms with Crippen molar-refractivity contribution in [2.45, 2.75) is 56.8 Å². The highest BCUT2D eigenvalue weighted by atomic mass is 16.3. The van der Waals surface area contributed by atoms with Gasteiger partial charge in [-0.25, -0.2) is 0 Å². The van der Waals surface area contributed by atoms with E-state index in [2.05, 4.69) is 207 Å². The highest BCUT2D eigenvalue weighted by Gasteiger charge is 2.44. The first-order chi connectivity index (χ1) is 31.0. The molecule has 13 rings (SSSR count). The van der Waals surface area contributed by atoms with Crippen LogP contribution in [0.2, 0.25) is 0 Å². The van der Waals surface area contributed by atoms with Crippen LogP contribution in [0, 0.1) is 0 Å². The number of benzene rings is 9. The van der Waals surface area contributed by atoms with Crippen LogP contribution in [0.15, 0.2) is 192 Å². The standard InChI is InChI=1S/C61H47NO/c1-60(2)53-21-8-6-17-49(53)51-20-12-19-46(58(51)60)41-26-31-43(32-27-41)62(44-33-35-50-48-16-7-9-22-54(48)61(55(50)38-44)36-10-3-11-37-61)42-29-24-40(25-30-42)45-18-13-23-56-57(45)52-34-28-39-14-4-5-15-47(39)59(52)63-56/h4-9,12-35,38H,3,10-11,36-37H2,1-2H3. The predicted molar refractivity (Wildman–Crippen MR) is 264 cm³/mol. The van der Waals surface area contributed by atoms with E-state index in [1.165, 1.54) is 110 Å². The third-order valence-corrected chi connectivity index (χ3v) is 15.1. The summed E-state index contributed by atoms with van der Waals surface area (Å²) >= 11 is 0. The minimum atomic E-state index is -0.0904. The Balaban J connectivity index is 0.947. The topological polar surface area (TPSA) is 16.4 Å². The molecular weight excluding hydrogens is 763 g/mol. The molecular formula is C61H47NO. The molecule has 0 radical (unpaired) electrons. The lowest BCUT2D eigenvalue weighted by atomic mass is 9.68. The lowest BCUT2D eigenvalue weighted by molar-refractivity contribution is 0.353. The van der Waals surface area contributed by atoms with Crippen molar-refractivity contribution < 1.29 is 4.42 Å². The maximum absolute atomic E-state index is 6.60. The van der Waals surface area contributed by atoms with Gasteiger partial charge in [0.15, 0.2) is 0 Å². The van der Waals surface area contributed by atoms with E-state index >= 15 is 0 Å². The van der Waals surface area contributed by atoms with Crippen LogP contribution < -0.4 is 4.90 Å². The first kappa shape index (κ1) is 36.5. The molecule has 3 aliphatic rings. The van der Waals surface area contributed by atoms with Gasteiger partial charge in [0.1, 0.15) is 11.2 Å². The molecule has 0 aliphatic heterocycles. The number of anilines is 3. The summed E-state index contributed by atoms with van der Waals surface area (Å²) in [7, 11) is 0. The second-order valence-corrected chi connectivity index (χ2v) is 18.7. The zero-order valence-electron chi connectivity index (χ0n) is 35.8. The smallest absolute Gasteiger partial charge is 0.143 e. The summed E-state index contributed by atoms with van der Waals surface area (Å²) in [6, 6.07) is 70.2. The first-order valence-electron chi connectivity index (χ1n) is 22.8. The normalized spacial score (nSPS) is 15.4. The summed E-state index contributed by atoms with van der Waals surface area (Å²) in [6.07, 6.45) is 6.26. The van der Waals surface area contributed by atoms with E-state index in [4.69, 9.17) is 4.42 Å². The fourth-order valence-electron chi connectivity index (χ4n) is 12.2. The maximum Gasteiger partial charge on any atom is 0.143 e. The van der Waals surface area contributed by atoms with E-state index in [0.29, 0.717) is 0 Å². The SMILES string of the molecule is CC1(C)c2ccccc2-c2cccc(-c3ccc(N(c4ccc(-c5cccc6oc7c8ccccc8ccc7c56)cc4)c4ccc5c(c4)C4(CCCCC4)c4ccccc4-5)cc3)c21. The molecule has 1 aromatic heterocycles. The van der Waals surface area contributed by atoms with Gasteiger partial charge in [0.25, 0.3) is 0 Å². The second-order valence-electron chi connectivity index (χ2n) is 18.7. The number of hydrogen-bond acceptors (Lipinski definition) is 2. The molecule has 63 heavy (non-hydrogen) atoms. The van der Waals surface area contributed by atoms with E-state index in [1.807, 2.05) is 0 Å². The number of nitrogens with zero attached hydrogens (tertiary/aromatic N) is 1. The van der Waals surface area contributed by atoms with Crippen molar-refractivity contribution in [1.82, 2.24) is 0 Å². The Morgan fingerprint density at radius 2 is 1.02 bits per heavy atom. The average Bonchev–Trinajstić information content (AvgIpc) is 3.94. The van der Waals surface area contributed by atoms with Crippen LogP contribution in [0.5, 0.6) is 0 Å². The Kier molecular flexibility index (Phi) is 7.92. The van der Waals surface area contributed by atoms with Crippen LogP contribution in [-0.4, -0.2) is 0 Å². The van der Waals surface area contributed by atoms with Gasteiger partial charge in [0.05, 0.1) is 0 Å². The molecule has 0 bridgehead atoms. The molecule has 10 aromatic rings. The molecule has 9 aromatic carbocycles. The summed E-state index contributed by atoms with van der Waals surface area (Å²) in [5.41, 5.74) is 21.5. The minimum absolute atomic E-state index is 0.0645. The zero-order chi connectivity index (χ0) is 41.9. The van der Waals surface area contributed by atoms with Gasteiger partial charge >= 0.3 is 0 Å². The molecule has 0 unspecified atom stereocenters. The largest absolute Gasteiger partial charge is 0.455 e. The molecule has 302 valence electrons. The molecule has 2 nitrogen and oxygen atoms in total. The highest BCUT2D eigenvalue weighted by molar-refractivity contribution is 6.19. The van der Waals surface area contributed by atoms with Crippen molar-refractivity contribution in [3.63, 3.8) is 0 Å². The van der Waals surface area contributed by atoms with Crippen LogP contribution in [0.1, 0.15) is 68.2 Å². The Morgan fingerprint density at radius 3 is 1.79 bits per heavy atom. The lowest BCUT2D eigenvalue weighted by Crippen LogP contribution is -2.28. The predicted octanol–water partition coefficient (Wildman–Crippen LogP) is 17.1. The second kappa shape index (κ2) is 13.7. The molecule has 1 heterocycles. The number of hydrogen-bond donors (Lipinski definition) is 0. The zero-order valence-corrected chi connectivity index (χ0v) is 35.8. The quantitative estimate of drug-likeness (QED) is 0.172. The Labute approximate surface area is 369 Å². The number of furan rings is 1. The summed E-state index contributed by atoms with van der Waals surface area (Å²) in [5, 5.41) is 4.65. The van der Waals surface area contributed by atoms with Crippen molar-refractivity contribution in [2.75, 3.05) is 4.90 Å². The maximum atomic E-state index is 6.60. The van der Waals surface area contributed by atoms with Crippen molar-refractivity contribution in [3.8, 4) is 44.5 Å². The summed E-state index contributed by atoms with van der Waals surface area (Å²) < 4.78 is 6.60. The molecule has 3 aliphatic carbocycles. The Hall–Kier alpha value is -7.16. The van der Waals surface area contributed by atoms with Gasteiger partial charge in [-0.1, -0.05) is 173 Å². The van der Waals surface area contributed by atoms with Crippen molar-refractivity contribution in [1.29, 1.82) is 0 Å². The monoisotopic (exact) mass is 809 g/mol. The number of rotatable bonds is 5. The third kappa shape index (κ3) is 5.31. The van der Waals surface area contributed by atoms with Gasteiger partial charge in [-0.05, 0) is 134 Å². The van der Waals surface area contributed by atoms with E-state index in [0.717, 1.165) is 38.7 Å². The molecule has 2 heteroatoms. The summed E-state index contributed by atoms with van der Waals surface area (Å²) in [4.78, 5) is 2.47. The fourth-order valence-corrected chi connectivity index (χ4v) is 12.2. The van der Waals surface area contributed by atoms with E-state index in [1.54, 1.807) is 0 Å². The highest BCUT2D eigenvalue weighted by Crippen LogP contribution is 2.57. The lowest BCUT2D eigenvalue weighted by Gasteiger charge is -2.36. The Bertz CT molecular complexity index is 3450. The molecule has 1 saturated carbocycles. The van der Waals surface area contributed by atoms with Crippen LogP contribution >= 0.6 is 0 Å². The third-order valence-electron chi connectivity index (χ3n) is 15.1. The molecule has 0 saturated heterocycles. The first-order valence-corrected chi connectivity index (χ1v) is 22.8. The van der Waals surface area contributed by atoms with E-state index < -0.39 is 0 Å². The van der Waals surface area contributed by atoms with Gasteiger partial charge in [-0.3, -0.25) is 0 Å². The van der Waals surface area contributed by atoms with Crippen molar-refractivity contribution in [3.05, 3.63) is 210 Å². The van der Waals surface area contributed by atoms with Gasteiger partial charge < -0.3 is 9.32 Å². The molecule has 1 fully saturated rings. The van der Waals surface area contributed by atoms with Gasteiger partial charge in [0.2, 0.25) is 0 Å². The van der Waals surface area contributed by atoms with Gasteiger partial charge in [-0.15, -0.1) is 0 Å². The summed E-state index contributed by atoms with van der Waals surface area (Å²) in [5.74, 6) is 0.